The van der Waals surface area contributed by atoms with E-state index in [1.807, 2.05) is 12.3 Å². The Morgan fingerprint density at radius 1 is 1.06 bits per heavy atom. The molecular formula is C23H26N4O4S2. The molecule has 1 saturated heterocycles. The van der Waals surface area contributed by atoms with Crippen LogP contribution in [0.2, 0.25) is 0 Å². The number of carbonyl (C=O) groups excluding carboxylic acids is 1. The fourth-order valence-corrected chi connectivity index (χ4v) is 5.70. The molecule has 1 amide bonds. The summed E-state index contributed by atoms with van der Waals surface area (Å²) in [6.07, 6.45) is 3.74. The molecule has 3 aromatic rings. The SMILES string of the molecule is CSc1ccc(S(=O)(=O)Nc2c(C)n(C)n(-c3ccccc3)c2=O)cc1C(=O)N1CCCC1. The van der Waals surface area contributed by atoms with Crippen molar-refractivity contribution >= 4 is 33.4 Å². The van der Waals surface area contributed by atoms with Crippen LogP contribution >= 0.6 is 11.8 Å². The average Bonchev–Trinajstić information content (AvgIpc) is 3.42. The van der Waals surface area contributed by atoms with E-state index < -0.39 is 15.6 Å². The molecule has 0 unspecified atom stereocenters. The number of aromatic nitrogens is 2. The van der Waals surface area contributed by atoms with Crippen molar-refractivity contribution in [1.29, 1.82) is 0 Å². The third kappa shape index (κ3) is 4.32. The fourth-order valence-electron chi connectivity index (χ4n) is 3.99. The molecular weight excluding hydrogens is 460 g/mol. The molecule has 2 heterocycles. The topological polar surface area (TPSA) is 93.4 Å². The summed E-state index contributed by atoms with van der Waals surface area (Å²) in [6.45, 7) is 3.02. The molecule has 1 fully saturated rings. The van der Waals surface area contributed by atoms with E-state index in [-0.39, 0.29) is 16.5 Å². The van der Waals surface area contributed by atoms with Gasteiger partial charge in [-0.3, -0.25) is 19.0 Å². The van der Waals surface area contributed by atoms with E-state index in [0.717, 1.165) is 12.8 Å². The molecule has 2 aromatic carbocycles. The molecule has 1 aromatic heterocycles. The first-order valence-corrected chi connectivity index (χ1v) is 13.3. The number of hydrogen-bond donors (Lipinski definition) is 1. The highest BCUT2D eigenvalue weighted by Crippen LogP contribution is 2.27. The van der Waals surface area contributed by atoms with E-state index >= 15 is 0 Å². The minimum Gasteiger partial charge on any atom is -0.339 e. The number of nitrogens with zero attached hydrogens (tertiary/aromatic N) is 3. The minimum absolute atomic E-state index is 0.0253. The number of benzene rings is 2. The number of sulfonamides is 1. The molecule has 8 nitrogen and oxygen atoms in total. The highest BCUT2D eigenvalue weighted by atomic mass is 32.2. The molecule has 10 heteroatoms. The second-order valence-electron chi connectivity index (χ2n) is 7.90. The molecule has 0 aliphatic carbocycles. The lowest BCUT2D eigenvalue weighted by Crippen LogP contribution is -2.28. The summed E-state index contributed by atoms with van der Waals surface area (Å²) in [5.41, 5.74) is 0.961. The first-order valence-electron chi connectivity index (χ1n) is 10.6. The third-order valence-electron chi connectivity index (χ3n) is 5.90. The van der Waals surface area contributed by atoms with Crippen molar-refractivity contribution in [3.63, 3.8) is 0 Å². The molecule has 0 radical (unpaired) electrons. The lowest BCUT2D eigenvalue weighted by molar-refractivity contribution is 0.0789. The molecule has 33 heavy (non-hydrogen) atoms. The molecule has 1 N–H and O–H groups in total. The fraction of sp³-hybridized carbons (Fsp3) is 0.304. The molecule has 4 rings (SSSR count). The maximum atomic E-state index is 13.3. The summed E-state index contributed by atoms with van der Waals surface area (Å²) >= 11 is 1.39. The lowest BCUT2D eigenvalue weighted by atomic mass is 10.2. The highest BCUT2D eigenvalue weighted by molar-refractivity contribution is 7.98. The van der Waals surface area contributed by atoms with Crippen LogP contribution < -0.4 is 10.3 Å². The zero-order chi connectivity index (χ0) is 23.8. The van der Waals surface area contributed by atoms with Gasteiger partial charge in [-0.2, -0.15) is 0 Å². The quantitative estimate of drug-likeness (QED) is 0.540. The van der Waals surface area contributed by atoms with Gasteiger partial charge in [-0.1, -0.05) is 18.2 Å². The Balaban J connectivity index is 1.73. The van der Waals surface area contributed by atoms with Crippen LogP contribution in [0.3, 0.4) is 0 Å². The zero-order valence-corrected chi connectivity index (χ0v) is 20.4. The summed E-state index contributed by atoms with van der Waals surface area (Å²) in [7, 11) is -2.41. The summed E-state index contributed by atoms with van der Waals surface area (Å²) in [5, 5.41) is 0. The Kier molecular flexibility index (Phi) is 6.40. The number of hydrogen-bond acceptors (Lipinski definition) is 5. The predicted molar refractivity (Wildman–Crippen MR) is 130 cm³/mol. The van der Waals surface area contributed by atoms with Gasteiger partial charge in [-0.15, -0.1) is 11.8 Å². The van der Waals surface area contributed by atoms with E-state index in [1.165, 1.54) is 28.6 Å². The zero-order valence-electron chi connectivity index (χ0n) is 18.7. The monoisotopic (exact) mass is 486 g/mol. The number of rotatable bonds is 6. The van der Waals surface area contributed by atoms with Crippen molar-refractivity contribution < 1.29 is 13.2 Å². The first-order chi connectivity index (χ1) is 15.7. The van der Waals surface area contributed by atoms with E-state index in [0.29, 0.717) is 34.9 Å². The van der Waals surface area contributed by atoms with E-state index in [2.05, 4.69) is 4.72 Å². The molecule has 0 saturated carbocycles. The summed E-state index contributed by atoms with van der Waals surface area (Å²) < 4.78 is 32.0. The Bertz CT molecular complexity index is 1360. The standard InChI is InChI=1S/C23H26N4O4S2/c1-16-21(23(29)27(25(16)2)17-9-5-4-6-10-17)24-33(30,31)18-11-12-20(32-3)19(15-18)22(28)26-13-7-8-14-26/h4-6,9-12,15,24H,7-8,13-14H2,1-3H3. The van der Waals surface area contributed by atoms with Crippen LogP contribution in [0.1, 0.15) is 28.9 Å². The number of carbonyl (C=O) groups is 1. The number of nitrogens with one attached hydrogen (secondary N) is 1. The highest BCUT2D eigenvalue weighted by Gasteiger charge is 2.26. The summed E-state index contributed by atoms with van der Waals surface area (Å²) in [5.74, 6) is -0.170. The van der Waals surface area contributed by atoms with Crippen LogP contribution in [0, 0.1) is 6.92 Å². The number of amides is 1. The molecule has 1 aliphatic heterocycles. The van der Waals surface area contributed by atoms with Crippen molar-refractivity contribution in [3.05, 3.63) is 70.1 Å². The van der Waals surface area contributed by atoms with Crippen molar-refractivity contribution in [2.24, 2.45) is 7.05 Å². The van der Waals surface area contributed by atoms with Gasteiger partial charge in [-0.25, -0.2) is 13.1 Å². The number of thioether (sulfide) groups is 1. The lowest BCUT2D eigenvalue weighted by Gasteiger charge is -2.18. The first kappa shape index (κ1) is 23.2. The van der Waals surface area contributed by atoms with Gasteiger partial charge >= 0.3 is 0 Å². The summed E-state index contributed by atoms with van der Waals surface area (Å²) in [6, 6.07) is 13.5. The second kappa shape index (κ2) is 9.11. The van der Waals surface area contributed by atoms with Gasteiger partial charge in [0.25, 0.3) is 21.5 Å². The predicted octanol–water partition coefficient (Wildman–Crippen LogP) is 3.24. The maximum Gasteiger partial charge on any atom is 0.296 e. The number of para-hydroxylation sites is 1. The van der Waals surface area contributed by atoms with Crippen LogP contribution in [0.4, 0.5) is 5.69 Å². The average molecular weight is 487 g/mol. The number of likely N-dealkylation sites (tertiary alicyclic amines) is 1. The Morgan fingerprint density at radius 3 is 2.36 bits per heavy atom. The minimum atomic E-state index is -4.11. The van der Waals surface area contributed by atoms with Crippen LogP contribution in [-0.4, -0.2) is 47.9 Å². The van der Waals surface area contributed by atoms with E-state index in [9.17, 15) is 18.0 Å². The van der Waals surface area contributed by atoms with E-state index in [1.54, 1.807) is 53.9 Å². The normalized spacial score (nSPS) is 14.0. The smallest absolute Gasteiger partial charge is 0.296 e. The Hall–Kier alpha value is -2.98. The molecule has 174 valence electrons. The van der Waals surface area contributed by atoms with Gasteiger partial charge in [0.05, 0.1) is 21.8 Å². The van der Waals surface area contributed by atoms with Gasteiger partial charge in [-0.05, 0) is 56.4 Å². The van der Waals surface area contributed by atoms with E-state index in [4.69, 9.17) is 0 Å². The summed E-state index contributed by atoms with van der Waals surface area (Å²) in [4.78, 5) is 28.5. The molecule has 1 aliphatic rings. The molecule has 0 bridgehead atoms. The van der Waals surface area contributed by atoms with Crippen LogP contribution in [0.25, 0.3) is 5.69 Å². The Labute approximate surface area is 197 Å². The Morgan fingerprint density at radius 2 is 1.73 bits per heavy atom. The largest absolute Gasteiger partial charge is 0.339 e. The molecule has 0 spiro atoms. The number of anilines is 1. The van der Waals surface area contributed by atoms with Crippen molar-refractivity contribution in [1.82, 2.24) is 14.3 Å². The third-order valence-corrected chi connectivity index (χ3v) is 8.04. The van der Waals surface area contributed by atoms with Crippen molar-refractivity contribution in [3.8, 4) is 5.69 Å². The van der Waals surface area contributed by atoms with Gasteiger partial charge < -0.3 is 4.90 Å². The maximum absolute atomic E-state index is 13.3. The van der Waals surface area contributed by atoms with Gasteiger partial charge in [0.1, 0.15) is 5.69 Å². The van der Waals surface area contributed by atoms with Gasteiger partial charge in [0, 0.05) is 25.0 Å². The van der Waals surface area contributed by atoms with Crippen LogP contribution in [0.15, 0.2) is 63.1 Å². The van der Waals surface area contributed by atoms with Gasteiger partial charge in [0.15, 0.2) is 0 Å². The van der Waals surface area contributed by atoms with Gasteiger partial charge in [0.2, 0.25) is 0 Å². The van der Waals surface area contributed by atoms with Crippen LogP contribution in [-0.2, 0) is 17.1 Å². The van der Waals surface area contributed by atoms with Crippen molar-refractivity contribution in [2.45, 2.75) is 29.6 Å². The van der Waals surface area contributed by atoms with Crippen LogP contribution in [0.5, 0.6) is 0 Å². The molecule has 0 atom stereocenters. The second-order valence-corrected chi connectivity index (χ2v) is 10.4. The van der Waals surface area contributed by atoms with Crippen molar-refractivity contribution in [2.75, 3.05) is 24.1 Å².